The molecular weight excluding hydrogens is 169 g/mol. The lowest BCUT2D eigenvalue weighted by atomic mass is 9.90. The molecule has 0 amide bonds. The van der Waals surface area contributed by atoms with Gasteiger partial charge in [0.15, 0.2) is 0 Å². The van der Waals surface area contributed by atoms with Crippen molar-refractivity contribution in [2.75, 3.05) is 0 Å². The van der Waals surface area contributed by atoms with Crippen LogP contribution >= 0.6 is 0 Å². The van der Waals surface area contributed by atoms with Gasteiger partial charge in [-0.2, -0.15) is 5.26 Å². The summed E-state index contributed by atoms with van der Waals surface area (Å²) in [6.45, 7) is 7.23. The van der Waals surface area contributed by atoms with Crippen LogP contribution in [-0.2, 0) is 0 Å². The van der Waals surface area contributed by atoms with Crippen molar-refractivity contribution in [1.29, 1.82) is 5.26 Å². The highest BCUT2D eigenvalue weighted by Crippen LogP contribution is 2.24. The second-order valence-corrected chi connectivity index (χ2v) is 8.51. The molecule has 0 unspecified atom stereocenters. The molecule has 0 N–H and O–H groups in total. The maximum Gasteiger partial charge on any atom is 0.240 e. The third kappa shape index (κ3) is 6.35. The van der Waals surface area contributed by atoms with Gasteiger partial charge in [-0.15, -0.1) is 0 Å². The zero-order chi connectivity index (χ0) is 9.83. The van der Waals surface area contributed by atoms with Crippen LogP contribution in [0.5, 0.6) is 0 Å². The zero-order valence-corrected chi connectivity index (χ0v) is 9.45. The summed E-state index contributed by atoms with van der Waals surface area (Å²) in [7, 11) is -2.38. The monoisotopic (exact) mass is 187 g/mol. The first-order valence-electron chi connectivity index (χ1n) is 4.37. The maximum absolute atomic E-state index is 13.1. The van der Waals surface area contributed by atoms with Gasteiger partial charge in [0.2, 0.25) is 8.41 Å². The van der Waals surface area contributed by atoms with Crippen LogP contribution in [0.15, 0.2) is 0 Å². The van der Waals surface area contributed by atoms with Crippen molar-refractivity contribution >= 4 is 8.41 Å². The van der Waals surface area contributed by atoms with Crippen molar-refractivity contribution in [3.63, 3.8) is 0 Å². The van der Waals surface area contributed by atoms with Crippen LogP contribution in [0.2, 0.25) is 19.1 Å². The van der Waals surface area contributed by atoms with Crippen molar-refractivity contribution < 1.29 is 4.11 Å². The number of rotatable bonds is 4. The molecule has 0 heterocycles. The molecule has 0 spiro atoms. The molecule has 0 aromatic rings. The number of hydrogen-bond acceptors (Lipinski definition) is 1. The Morgan fingerprint density at radius 1 is 1.42 bits per heavy atom. The predicted octanol–water partition coefficient (Wildman–Crippen LogP) is 3.49. The predicted molar refractivity (Wildman–Crippen MR) is 52.0 cm³/mol. The van der Waals surface area contributed by atoms with E-state index in [1.54, 1.807) is 13.1 Å². The Hall–Kier alpha value is -0.363. The standard InChI is InChI=1S/C9H18FNSi/c1-9(2,8-11)6-5-7-12(3,4)10/h5-7H2,1-4H3. The second kappa shape index (κ2) is 4.04. The van der Waals surface area contributed by atoms with E-state index < -0.39 is 8.41 Å². The van der Waals surface area contributed by atoms with Gasteiger partial charge in [0.25, 0.3) is 0 Å². The largest absolute Gasteiger partial charge is 0.314 e. The SMILES string of the molecule is CC(C)(C#N)CCC[Si](C)(C)F. The van der Waals surface area contributed by atoms with Crippen LogP contribution in [0.4, 0.5) is 4.11 Å². The summed E-state index contributed by atoms with van der Waals surface area (Å²) in [6.07, 6.45) is 1.65. The lowest BCUT2D eigenvalue weighted by Gasteiger charge is -2.16. The van der Waals surface area contributed by atoms with E-state index in [2.05, 4.69) is 6.07 Å². The van der Waals surface area contributed by atoms with E-state index in [0.717, 1.165) is 12.8 Å². The van der Waals surface area contributed by atoms with Crippen LogP contribution in [0.25, 0.3) is 0 Å². The fraction of sp³-hybridized carbons (Fsp3) is 0.889. The molecule has 0 atom stereocenters. The Bertz CT molecular complexity index is 176. The molecule has 0 aliphatic heterocycles. The van der Waals surface area contributed by atoms with Gasteiger partial charge in [-0.1, -0.05) is 6.42 Å². The number of halogens is 1. The zero-order valence-electron chi connectivity index (χ0n) is 8.45. The molecule has 0 aromatic carbocycles. The van der Waals surface area contributed by atoms with Gasteiger partial charge >= 0.3 is 0 Å². The van der Waals surface area contributed by atoms with E-state index in [1.807, 2.05) is 13.8 Å². The topological polar surface area (TPSA) is 23.8 Å². The highest BCUT2D eigenvalue weighted by atomic mass is 28.4. The first kappa shape index (κ1) is 11.6. The Morgan fingerprint density at radius 2 is 1.92 bits per heavy atom. The molecule has 0 saturated carbocycles. The summed E-state index contributed by atoms with van der Waals surface area (Å²) < 4.78 is 13.1. The van der Waals surface area contributed by atoms with Crippen molar-refractivity contribution in [3.8, 4) is 6.07 Å². The molecule has 70 valence electrons. The fourth-order valence-electron chi connectivity index (χ4n) is 1.01. The Morgan fingerprint density at radius 3 is 2.25 bits per heavy atom. The molecule has 0 radical (unpaired) electrons. The average molecular weight is 187 g/mol. The van der Waals surface area contributed by atoms with Gasteiger partial charge in [-0.25, -0.2) is 0 Å². The highest BCUT2D eigenvalue weighted by molar-refractivity contribution is 6.70. The van der Waals surface area contributed by atoms with Crippen LogP contribution in [0.1, 0.15) is 26.7 Å². The first-order valence-corrected chi connectivity index (χ1v) is 7.45. The van der Waals surface area contributed by atoms with Gasteiger partial charge in [-0.3, -0.25) is 0 Å². The third-order valence-corrected chi connectivity index (χ3v) is 3.42. The minimum Gasteiger partial charge on any atom is -0.314 e. The molecule has 0 bridgehead atoms. The van der Waals surface area contributed by atoms with Crippen molar-refractivity contribution in [1.82, 2.24) is 0 Å². The molecule has 1 nitrogen and oxygen atoms in total. The molecule has 0 aliphatic carbocycles. The van der Waals surface area contributed by atoms with E-state index in [4.69, 9.17) is 5.26 Å². The molecular formula is C9H18FNSi. The lowest BCUT2D eigenvalue weighted by Crippen LogP contribution is -2.18. The summed E-state index contributed by atoms with van der Waals surface area (Å²) in [5, 5.41) is 8.69. The van der Waals surface area contributed by atoms with Gasteiger partial charge in [0.1, 0.15) is 0 Å². The summed E-state index contributed by atoms with van der Waals surface area (Å²) in [6, 6.07) is 2.90. The summed E-state index contributed by atoms with van der Waals surface area (Å²) in [5.74, 6) is 0. The van der Waals surface area contributed by atoms with Crippen LogP contribution in [0.3, 0.4) is 0 Å². The van der Waals surface area contributed by atoms with Crippen molar-refractivity contribution in [3.05, 3.63) is 0 Å². The summed E-state index contributed by atoms with van der Waals surface area (Å²) in [4.78, 5) is 0. The molecule has 0 aromatic heterocycles. The molecule has 0 saturated heterocycles. The smallest absolute Gasteiger partial charge is 0.240 e. The molecule has 0 aliphatic rings. The Balaban J connectivity index is 3.66. The lowest BCUT2D eigenvalue weighted by molar-refractivity contribution is 0.442. The average Bonchev–Trinajstić information content (AvgIpc) is 1.84. The Labute approximate surface area is 75.8 Å². The maximum atomic E-state index is 13.1. The van der Waals surface area contributed by atoms with E-state index in [-0.39, 0.29) is 5.41 Å². The second-order valence-electron chi connectivity index (χ2n) is 4.57. The van der Waals surface area contributed by atoms with Gasteiger partial charge in [-0.05, 0) is 39.4 Å². The molecule has 3 heteroatoms. The summed E-state index contributed by atoms with van der Waals surface area (Å²) >= 11 is 0. The van der Waals surface area contributed by atoms with Crippen molar-refractivity contribution in [2.24, 2.45) is 5.41 Å². The number of nitriles is 1. The molecule has 12 heavy (non-hydrogen) atoms. The third-order valence-electron chi connectivity index (χ3n) is 1.88. The quantitative estimate of drug-likeness (QED) is 0.488. The van der Waals surface area contributed by atoms with Crippen LogP contribution in [-0.4, -0.2) is 8.41 Å². The van der Waals surface area contributed by atoms with E-state index in [0.29, 0.717) is 6.04 Å². The van der Waals surface area contributed by atoms with Gasteiger partial charge < -0.3 is 4.11 Å². The summed E-state index contributed by atoms with van der Waals surface area (Å²) in [5.41, 5.74) is -0.278. The van der Waals surface area contributed by atoms with E-state index in [1.165, 1.54) is 0 Å². The van der Waals surface area contributed by atoms with Crippen LogP contribution in [0, 0.1) is 16.7 Å². The van der Waals surface area contributed by atoms with Gasteiger partial charge in [0, 0.05) is 0 Å². The minimum absolute atomic E-state index is 0.278. The first-order chi connectivity index (χ1) is 5.27. The Kier molecular flexibility index (Phi) is 3.92. The molecule has 0 rings (SSSR count). The minimum atomic E-state index is -2.38. The van der Waals surface area contributed by atoms with E-state index >= 15 is 0 Å². The normalized spacial score (nSPS) is 12.7. The van der Waals surface area contributed by atoms with Gasteiger partial charge in [0.05, 0.1) is 11.5 Å². The number of nitrogens with zero attached hydrogens (tertiary/aromatic N) is 1. The van der Waals surface area contributed by atoms with Crippen molar-refractivity contribution in [2.45, 2.75) is 45.8 Å². The van der Waals surface area contributed by atoms with E-state index in [9.17, 15) is 4.11 Å². The van der Waals surface area contributed by atoms with Crippen LogP contribution < -0.4 is 0 Å². The fourth-order valence-corrected chi connectivity index (χ4v) is 2.02. The number of hydrogen-bond donors (Lipinski definition) is 0. The molecule has 0 fully saturated rings. The highest BCUT2D eigenvalue weighted by Gasteiger charge is 2.22.